The lowest BCUT2D eigenvalue weighted by Gasteiger charge is -2.28. The fourth-order valence-electron chi connectivity index (χ4n) is 4.43. The highest BCUT2D eigenvalue weighted by Crippen LogP contribution is 2.33. The lowest BCUT2D eigenvalue weighted by Crippen LogP contribution is -2.35. The van der Waals surface area contributed by atoms with Crippen molar-refractivity contribution in [3.8, 4) is 0 Å². The molecule has 0 atom stereocenters. The van der Waals surface area contributed by atoms with Crippen LogP contribution in [0.3, 0.4) is 0 Å². The molecule has 0 radical (unpaired) electrons. The Hall–Kier alpha value is -3.61. The SMILES string of the molecule is Cc1c(C(=O)N2CCCc3ccccc32)oc2c1/C(=N/NC(=O)c1ccco1)CCC2. The minimum absolute atomic E-state index is 0.127. The molecule has 0 bridgehead atoms. The summed E-state index contributed by atoms with van der Waals surface area (Å²) in [6.45, 7) is 2.56. The van der Waals surface area contributed by atoms with Crippen molar-refractivity contribution in [1.82, 2.24) is 5.43 Å². The molecule has 7 nitrogen and oxygen atoms in total. The number of nitrogens with zero attached hydrogens (tertiary/aromatic N) is 2. The summed E-state index contributed by atoms with van der Waals surface area (Å²) in [6.07, 6.45) is 5.62. The minimum atomic E-state index is -0.410. The third-order valence-corrected chi connectivity index (χ3v) is 5.91. The molecular formula is C24H23N3O4. The standard InChI is InChI=1S/C24H23N3O4/c1-15-21-17(25-26-23(28)20-12-6-14-30-20)9-4-11-19(21)31-22(15)24(29)27-13-5-8-16-7-2-3-10-18(16)27/h2-3,6-7,10,12,14H,4-5,8-9,11,13H2,1H3,(H,26,28)/b25-17+. The normalized spacial score (nSPS) is 16.7. The number of aryl methyl sites for hydroxylation is 2. The number of carbonyl (C=O) groups excluding carboxylic acids is 2. The van der Waals surface area contributed by atoms with Crippen molar-refractivity contribution in [3.63, 3.8) is 0 Å². The van der Waals surface area contributed by atoms with E-state index in [4.69, 9.17) is 8.83 Å². The van der Waals surface area contributed by atoms with Crippen molar-refractivity contribution in [3.05, 3.63) is 76.6 Å². The van der Waals surface area contributed by atoms with Crippen LogP contribution < -0.4 is 10.3 Å². The monoisotopic (exact) mass is 417 g/mol. The van der Waals surface area contributed by atoms with E-state index in [1.165, 1.54) is 11.8 Å². The van der Waals surface area contributed by atoms with Crippen LogP contribution in [0.2, 0.25) is 0 Å². The van der Waals surface area contributed by atoms with Crippen LogP contribution in [0.15, 0.2) is 56.6 Å². The second-order valence-electron chi connectivity index (χ2n) is 7.87. The van der Waals surface area contributed by atoms with Crippen molar-refractivity contribution in [1.29, 1.82) is 0 Å². The Balaban J connectivity index is 1.45. The third kappa shape index (κ3) is 3.46. The Kier molecular flexibility index (Phi) is 4.94. The number of fused-ring (bicyclic) bond motifs is 2. The van der Waals surface area contributed by atoms with Gasteiger partial charge in [-0.1, -0.05) is 18.2 Å². The van der Waals surface area contributed by atoms with Crippen molar-refractivity contribution in [2.75, 3.05) is 11.4 Å². The Morgan fingerprint density at radius 2 is 1.94 bits per heavy atom. The van der Waals surface area contributed by atoms with Gasteiger partial charge in [-0.3, -0.25) is 9.59 Å². The maximum Gasteiger partial charge on any atom is 0.307 e. The van der Waals surface area contributed by atoms with Gasteiger partial charge >= 0.3 is 5.91 Å². The molecule has 3 heterocycles. The number of para-hydroxylation sites is 1. The van der Waals surface area contributed by atoms with Crippen LogP contribution in [0, 0.1) is 6.92 Å². The number of rotatable bonds is 3. The molecule has 1 N–H and O–H groups in total. The highest BCUT2D eigenvalue weighted by molar-refractivity contribution is 6.10. The van der Waals surface area contributed by atoms with Gasteiger partial charge in [-0.25, -0.2) is 5.43 Å². The average molecular weight is 417 g/mol. The maximum atomic E-state index is 13.4. The zero-order chi connectivity index (χ0) is 21.4. The van der Waals surface area contributed by atoms with E-state index >= 15 is 0 Å². The number of anilines is 1. The maximum absolute atomic E-state index is 13.4. The van der Waals surface area contributed by atoms with Gasteiger partial charge in [0, 0.05) is 29.8 Å². The van der Waals surface area contributed by atoms with E-state index in [2.05, 4.69) is 16.6 Å². The predicted molar refractivity (Wildman–Crippen MR) is 116 cm³/mol. The summed E-state index contributed by atoms with van der Waals surface area (Å²) in [7, 11) is 0. The predicted octanol–water partition coefficient (Wildman–Crippen LogP) is 4.24. The Labute approximate surface area is 179 Å². The molecule has 2 aliphatic rings. The molecule has 2 amide bonds. The van der Waals surface area contributed by atoms with E-state index in [9.17, 15) is 9.59 Å². The summed E-state index contributed by atoms with van der Waals surface area (Å²) in [5.41, 5.74) is 7.01. The topological polar surface area (TPSA) is 88.0 Å². The molecule has 0 fully saturated rings. The molecule has 1 aliphatic heterocycles. The molecule has 5 rings (SSSR count). The van der Waals surface area contributed by atoms with Crippen LogP contribution in [0.5, 0.6) is 0 Å². The largest absolute Gasteiger partial charge is 0.459 e. The highest BCUT2D eigenvalue weighted by atomic mass is 16.4. The average Bonchev–Trinajstić information content (AvgIpc) is 3.45. The van der Waals surface area contributed by atoms with Crippen LogP contribution in [0.1, 0.15) is 62.8 Å². The number of amides is 2. The van der Waals surface area contributed by atoms with Crippen molar-refractivity contribution >= 4 is 23.2 Å². The molecule has 158 valence electrons. The molecule has 31 heavy (non-hydrogen) atoms. The van der Waals surface area contributed by atoms with Gasteiger partial charge in [-0.2, -0.15) is 5.10 Å². The van der Waals surface area contributed by atoms with Crippen LogP contribution in [0.4, 0.5) is 5.69 Å². The Morgan fingerprint density at radius 3 is 2.77 bits per heavy atom. The first-order chi connectivity index (χ1) is 15.1. The van der Waals surface area contributed by atoms with Gasteiger partial charge in [0.2, 0.25) is 0 Å². The number of nitrogens with one attached hydrogen (secondary N) is 1. The lowest BCUT2D eigenvalue weighted by atomic mass is 9.93. The van der Waals surface area contributed by atoms with Gasteiger partial charge in [0.1, 0.15) is 5.76 Å². The second-order valence-corrected chi connectivity index (χ2v) is 7.87. The fraction of sp³-hybridized carbons (Fsp3) is 0.292. The van der Waals surface area contributed by atoms with Crippen molar-refractivity contribution in [2.24, 2.45) is 5.10 Å². The van der Waals surface area contributed by atoms with E-state index in [-0.39, 0.29) is 11.7 Å². The van der Waals surface area contributed by atoms with Gasteiger partial charge in [0.25, 0.3) is 5.91 Å². The number of hydrazone groups is 1. The number of hydrogen-bond donors (Lipinski definition) is 1. The minimum Gasteiger partial charge on any atom is -0.459 e. The molecule has 0 spiro atoms. The molecule has 0 unspecified atom stereocenters. The number of benzene rings is 1. The Bertz CT molecular complexity index is 1170. The zero-order valence-corrected chi connectivity index (χ0v) is 17.3. The van der Waals surface area contributed by atoms with Gasteiger partial charge in [0.15, 0.2) is 11.5 Å². The highest BCUT2D eigenvalue weighted by Gasteiger charge is 2.32. The molecule has 1 aromatic carbocycles. The molecule has 0 saturated heterocycles. The first-order valence-electron chi connectivity index (χ1n) is 10.6. The van der Waals surface area contributed by atoms with Gasteiger partial charge in [-0.15, -0.1) is 0 Å². The molecular weight excluding hydrogens is 394 g/mol. The second kappa shape index (κ2) is 7.91. The van der Waals surface area contributed by atoms with Crippen LogP contribution in [-0.4, -0.2) is 24.1 Å². The van der Waals surface area contributed by atoms with Crippen LogP contribution in [-0.2, 0) is 12.8 Å². The van der Waals surface area contributed by atoms with Crippen molar-refractivity contribution < 1.29 is 18.4 Å². The van der Waals surface area contributed by atoms with Crippen LogP contribution >= 0.6 is 0 Å². The first kappa shape index (κ1) is 19.4. The van der Waals surface area contributed by atoms with Crippen molar-refractivity contribution in [2.45, 2.75) is 39.0 Å². The smallest absolute Gasteiger partial charge is 0.307 e. The van der Waals surface area contributed by atoms with E-state index in [1.54, 1.807) is 12.1 Å². The molecule has 7 heteroatoms. The van der Waals surface area contributed by atoms with Gasteiger partial charge < -0.3 is 13.7 Å². The quantitative estimate of drug-likeness (QED) is 0.646. The lowest BCUT2D eigenvalue weighted by molar-refractivity contribution is 0.0925. The summed E-state index contributed by atoms with van der Waals surface area (Å²) >= 11 is 0. The zero-order valence-electron chi connectivity index (χ0n) is 17.3. The molecule has 1 aliphatic carbocycles. The summed E-state index contributed by atoms with van der Waals surface area (Å²) in [5, 5.41) is 4.33. The summed E-state index contributed by atoms with van der Waals surface area (Å²) in [6, 6.07) is 11.2. The van der Waals surface area contributed by atoms with E-state index in [1.807, 2.05) is 30.0 Å². The Morgan fingerprint density at radius 1 is 1.06 bits per heavy atom. The summed E-state index contributed by atoms with van der Waals surface area (Å²) < 4.78 is 11.2. The molecule has 3 aromatic rings. The summed E-state index contributed by atoms with van der Waals surface area (Å²) in [4.78, 5) is 27.4. The number of hydrogen-bond acceptors (Lipinski definition) is 5. The third-order valence-electron chi connectivity index (χ3n) is 5.91. The molecule has 0 saturated carbocycles. The van der Waals surface area contributed by atoms with Gasteiger partial charge in [-0.05, 0) is 56.4 Å². The van der Waals surface area contributed by atoms with Crippen LogP contribution in [0.25, 0.3) is 0 Å². The van der Waals surface area contributed by atoms with E-state index in [0.29, 0.717) is 18.7 Å². The first-order valence-corrected chi connectivity index (χ1v) is 10.6. The molecule has 2 aromatic heterocycles. The van der Waals surface area contributed by atoms with Gasteiger partial charge in [0.05, 0.1) is 12.0 Å². The van der Waals surface area contributed by atoms with E-state index in [0.717, 1.165) is 54.0 Å². The number of carbonyl (C=O) groups is 2. The number of furan rings is 2. The summed E-state index contributed by atoms with van der Waals surface area (Å²) in [5.74, 6) is 0.769. The van der Waals surface area contributed by atoms with E-state index < -0.39 is 5.91 Å². The fourth-order valence-corrected chi connectivity index (χ4v) is 4.43.